The summed E-state index contributed by atoms with van der Waals surface area (Å²) in [5.41, 5.74) is 7.21. The van der Waals surface area contributed by atoms with E-state index in [2.05, 4.69) is 63.9 Å². The highest BCUT2D eigenvalue weighted by atomic mass is 16.5. The minimum absolute atomic E-state index is 0.0196. The van der Waals surface area contributed by atoms with Gasteiger partial charge < -0.3 is 44.6 Å². The molecule has 0 aliphatic carbocycles. The number of carbonyl (C=O) groups is 4. The molecule has 15 heteroatoms. The number of imidazole rings is 2. The van der Waals surface area contributed by atoms with Gasteiger partial charge >= 0.3 is 12.2 Å². The summed E-state index contributed by atoms with van der Waals surface area (Å²) >= 11 is 0. The average molecular weight is 853 g/mol. The van der Waals surface area contributed by atoms with Crippen LogP contribution in [-0.2, 0) is 25.7 Å². The number of nitrogens with one attached hydrogen (secondary N) is 4. The summed E-state index contributed by atoms with van der Waals surface area (Å²) in [5.74, 6) is 1.87. The van der Waals surface area contributed by atoms with Gasteiger partial charge in [-0.15, -0.1) is 0 Å². The third-order valence-electron chi connectivity index (χ3n) is 12.8. The number of ether oxygens (including phenoxy) is 3. The molecule has 0 spiro atoms. The number of nitrogens with zero attached hydrogens (tertiary/aromatic N) is 4. The number of aromatic amines is 2. The number of alkyl carbamates (subject to hydrolysis) is 2. The van der Waals surface area contributed by atoms with Crippen molar-refractivity contribution in [2.45, 2.75) is 83.8 Å². The van der Waals surface area contributed by atoms with E-state index >= 15 is 0 Å². The summed E-state index contributed by atoms with van der Waals surface area (Å²) in [4.78, 5) is 73.2. The smallest absolute Gasteiger partial charge is 0.407 e. The minimum Gasteiger partial charge on any atom is -0.488 e. The van der Waals surface area contributed by atoms with Crippen molar-refractivity contribution in [3.8, 4) is 28.1 Å². The summed E-state index contributed by atoms with van der Waals surface area (Å²) in [7, 11) is 2.58. The first kappa shape index (κ1) is 41.5. The van der Waals surface area contributed by atoms with Gasteiger partial charge in [0, 0.05) is 23.5 Å². The lowest BCUT2D eigenvalue weighted by atomic mass is 9.92. The molecule has 3 aliphatic heterocycles. The van der Waals surface area contributed by atoms with E-state index in [9.17, 15) is 19.2 Å². The third-order valence-corrected chi connectivity index (χ3v) is 12.8. The molecular formula is C48H52N8O7. The van der Waals surface area contributed by atoms with Gasteiger partial charge in [-0.05, 0) is 89.9 Å². The Morgan fingerprint density at radius 1 is 0.841 bits per heavy atom. The highest BCUT2D eigenvalue weighted by molar-refractivity contribution is 6.07. The molecule has 2 unspecified atom stereocenters. The molecule has 0 bridgehead atoms. The van der Waals surface area contributed by atoms with Crippen molar-refractivity contribution in [2.24, 2.45) is 11.8 Å². The number of hydrogen-bond acceptors (Lipinski definition) is 9. The number of carbonyl (C=O) groups excluding carboxylic acids is 4. The molecule has 5 heterocycles. The fourth-order valence-electron chi connectivity index (χ4n) is 9.60. The molecule has 326 valence electrons. The molecule has 63 heavy (non-hydrogen) atoms. The number of likely N-dealkylation sites (tertiary alicyclic amines) is 2. The van der Waals surface area contributed by atoms with Gasteiger partial charge in [0.1, 0.15) is 36.1 Å². The van der Waals surface area contributed by atoms with Gasteiger partial charge in [0.05, 0.1) is 49.2 Å². The van der Waals surface area contributed by atoms with Crippen molar-refractivity contribution in [2.75, 3.05) is 20.8 Å². The summed E-state index contributed by atoms with van der Waals surface area (Å²) < 4.78 is 16.1. The maximum absolute atomic E-state index is 14.3. The van der Waals surface area contributed by atoms with Gasteiger partial charge in [-0.2, -0.15) is 0 Å². The molecule has 2 saturated heterocycles. The van der Waals surface area contributed by atoms with Crippen LogP contribution in [0.15, 0.2) is 79.0 Å². The molecule has 15 nitrogen and oxygen atoms in total. The molecule has 0 saturated carbocycles. The Bertz CT molecular complexity index is 2730. The number of H-pyrrole nitrogens is 2. The molecule has 4 aromatic carbocycles. The van der Waals surface area contributed by atoms with Crippen LogP contribution in [0.4, 0.5) is 9.59 Å². The van der Waals surface area contributed by atoms with Gasteiger partial charge in [-0.1, -0.05) is 69.3 Å². The molecule has 2 fully saturated rings. The van der Waals surface area contributed by atoms with Gasteiger partial charge in [-0.25, -0.2) is 19.6 Å². The lowest BCUT2D eigenvalue weighted by molar-refractivity contribution is -0.137. The Labute approximate surface area is 364 Å². The van der Waals surface area contributed by atoms with Crippen LogP contribution in [-0.4, -0.2) is 86.6 Å². The lowest BCUT2D eigenvalue weighted by Gasteiger charge is -2.32. The predicted octanol–water partition coefficient (Wildman–Crippen LogP) is 8.11. The van der Waals surface area contributed by atoms with Crippen LogP contribution in [0.25, 0.3) is 44.2 Å². The molecule has 9 rings (SSSR count). The van der Waals surface area contributed by atoms with Crippen molar-refractivity contribution < 1.29 is 33.4 Å². The molecule has 2 aromatic heterocycles. The van der Waals surface area contributed by atoms with Gasteiger partial charge in [0.25, 0.3) is 5.91 Å². The van der Waals surface area contributed by atoms with E-state index in [-0.39, 0.29) is 41.8 Å². The van der Waals surface area contributed by atoms with E-state index in [1.807, 2.05) is 73.2 Å². The average Bonchev–Trinajstić information content (AvgIpc) is 4.12. The second-order valence-electron chi connectivity index (χ2n) is 17.4. The quantitative estimate of drug-likeness (QED) is 0.112. The molecular weight excluding hydrogens is 801 g/mol. The van der Waals surface area contributed by atoms with Crippen molar-refractivity contribution in [3.63, 3.8) is 0 Å². The highest BCUT2D eigenvalue weighted by Gasteiger charge is 2.42. The Morgan fingerprint density at radius 3 is 2.38 bits per heavy atom. The minimum atomic E-state index is -0.915. The third kappa shape index (κ3) is 7.69. The van der Waals surface area contributed by atoms with Crippen LogP contribution in [0, 0.1) is 11.8 Å². The van der Waals surface area contributed by atoms with E-state index in [1.54, 1.807) is 0 Å². The zero-order valence-corrected chi connectivity index (χ0v) is 36.2. The van der Waals surface area contributed by atoms with Crippen molar-refractivity contribution in [3.05, 3.63) is 102 Å². The SMILES string of the molecule is COC(=O)NC(C(=O)N1C[C@@H](C)C[C@H]1c1nc2ccc3cc4c(cc3c2[nH]1)OCc1cc(-c2cnc([C@@H]3CC[C@H](C)N3C(=O)C(NC(=O)OC)C(C)C)[nH]2)ccc1-4)c1ccccc1. The second-order valence-corrected chi connectivity index (χ2v) is 17.4. The normalized spacial score (nSPS) is 20.2. The molecule has 0 radical (unpaired) electrons. The maximum atomic E-state index is 14.3. The Morgan fingerprint density at radius 2 is 1.62 bits per heavy atom. The van der Waals surface area contributed by atoms with E-state index in [0.717, 1.165) is 68.3 Å². The maximum Gasteiger partial charge on any atom is 0.407 e. The standard InChI is InChI=1S/C48H52N8O7/c1-25(2)40(53-47(59)61-5)46(58)56-27(4)12-17-37(56)43-49-22-36(51-43)30-13-15-32-31(19-30)24-63-39-21-33-29(20-34(32)39)14-16-35-42(33)52-44(50-35)38-18-26(3)23-55(38)45(57)41(54-48(60)62-6)28-10-8-7-9-11-28/h7-11,13-16,19-22,25-27,37-38,40-41H,12,17-18,23-24H2,1-6H3,(H,49,51)(H,50,52)(H,53,59)(H,54,60)/t26-,27-,37-,38-,40?,41?/m0/s1. The van der Waals surface area contributed by atoms with Crippen LogP contribution in [0.2, 0.25) is 0 Å². The zero-order valence-electron chi connectivity index (χ0n) is 36.2. The highest BCUT2D eigenvalue weighted by Crippen LogP contribution is 2.44. The van der Waals surface area contributed by atoms with Gasteiger partial charge in [0.2, 0.25) is 5.91 Å². The van der Waals surface area contributed by atoms with E-state index in [0.29, 0.717) is 36.8 Å². The molecule has 6 atom stereocenters. The largest absolute Gasteiger partial charge is 0.488 e. The number of amides is 4. The monoisotopic (exact) mass is 852 g/mol. The van der Waals surface area contributed by atoms with E-state index in [4.69, 9.17) is 24.2 Å². The van der Waals surface area contributed by atoms with Crippen molar-refractivity contribution in [1.82, 2.24) is 40.4 Å². The number of methoxy groups -OCH3 is 2. The van der Waals surface area contributed by atoms with Gasteiger partial charge in [-0.3, -0.25) is 9.59 Å². The number of benzene rings is 4. The number of aromatic nitrogens is 4. The van der Waals surface area contributed by atoms with E-state index in [1.165, 1.54) is 14.2 Å². The van der Waals surface area contributed by atoms with Crippen molar-refractivity contribution in [1.29, 1.82) is 0 Å². The number of hydrogen-bond donors (Lipinski definition) is 4. The summed E-state index contributed by atoms with van der Waals surface area (Å²) in [5, 5.41) is 7.45. The number of fused-ring (bicyclic) bond motifs is 6. The first-order chi connectivity index (χ1) is 30.4. The van der Waals surface area contributed by atoms with Crippen LogP contribution in [0.1, 0.15) is 87.9 Å². The summed E-state index contributed by atoms with van der Waals surface area (Å²) in [6.45, 7) is 8.85. The van der Waals surface area contributed by atoms with Crippen LogP contribution < -0.4 is 15.4 Å². The zero-order chi connectivity index (χ0) is 44.1. The fraction of sp³-hybridized carbons (Fsp3) is 0.375. The van der Waals surface area contributed by atoms with Crippen molar-refractivity contribution >= 4 is 45.8 Å². The lowest BCUT2D eigenvalue weighted by Crippen LogP contribution is -2.52. The molecule has 3 aliphatic rings. The number of rotatable bonds is 9. The van der Waals surface area contributed by atoms with Crippen LogP contribution in [0.5, 0.6) is 5.75 Å². The molecule has 4 N–H and O–H groups in total. The first-order valence-electron chi connectivity index (χ1n) is 21.6. The first-order valence-corrected chi connectivity index (χ1v) is 21.6. The topological polar surface area (TPSA) is 184 Å². The van der Waals surface area contributed by atoms with E-state index < -0.39 is 24.3 Å². The predicted molar refractivity (Wildman–Crippen MR) is 236 cm³/mol. The fourth-order valence-corrected chi connectivity index (χ4v) is 9.60. The second kappa shape index (κ2) is 16.8. The van der Waals surface area contributed by atoms with Gasteiger partial charge in [0.15, 0.2) is 0 Å². The van der Waals surface area contributed by atoms with Crippen LogP contribution in [0.3, 0.4) is 0 Å². The molecule has 6 aromatic rings. The Balaban J connectivity index is 0.972. The molecule has 4 amide bonds. The summed E-state index contributed by atoms with van der Waals surface area (Å²) in [6.07, 6.45) is 2.78. The van der Waals surface area contributed by atoms with Crippen LogP contribution >= 0.6 is 0 Å². The Kier molecular flexibility index (Phi) is 11.0. The Hall–Kier alpha value is -6.90. The summed E-state index contributed by atoms with van der Waals surface area (Å²) in [6, 6.07) is 21.6.